The molecule has 1 aliphatic carbocycles. The zero-order chi connectivity index (χ0) is 19.3. The average Bonchev–Trinajstić information content (AvgIpc) is 3.27. The van der Waals surface area contributed by atoms with Gasteiger partial charge in [-0.05, 0) is 43.5 Å². The second kappa shape index (κ2) is 7.00. The number of anilines is 1. The summed E-state index contributed by atoms with van der Waals surface area (Å²) >= 11 is 3.60. The zero-order valence-electron chi connectivity index (χ0n) is 15.3. The van der Waals surface area contributed by atoms with Crippen LogP contribution in [0.4, 0.5) is 10.2 Å². The minimum Gasteiger partial charge on any atom is -0.490 e. The van der Waals surface area contributed by atoms with Crippen molar-refractivity contribution in [1.82, 2.24) is 19.9 Å². The maximum atomic E-state index is 14.4. The molecule has 0 radical (unpaired) electrons. The first-order chi connectivity index (χ1) is 13.6. The van der Waals surface area contributed by atoms with Gasteiger partial charge in [-0.2, -0.15) is 0 Å². The molecule has 3 heterocycles. The van der Waals surface area contributed by atoms with E-state index in [1.165, 1.54) is 23.7 Å². The summed E-state index contributed by atoms with van der Waals surface area (Å²) in [7, 11) is 0. The summed E-state index contributed by atoms with van der Waals surface area (Å²) in [4.78, 5) is 8.17. The van der Waals surface area contributed by atoms with Crippen LogP contribution in [0.1, 0.15) is 36.4 Å². The molecule has 0 spiro atoms. The summed E-state index contributed by atoms with van der Waals surface area (Å²) in [6, 6.07) is 4.37. The van der Waals surface area contributed by atoms with Crippen molar-refractivity contribution < 1.29 is 9.13 Å². The number of halogens is 2. The van der Waals surface area contributed by atoms with Crippen LogP contribution in [0.25, 0.3) is 11.0 Å². The van der Waals surface area contributed by atoms with Crippen LogP contribution in [-0.2, 0) is 13.0 Å². The fourth-order valence-electron chi connectivity index (χ4n) is 4.43. The van der Waals surface area contributed by atoms with E-state index in [9.17, 15) is 4.39 Å². The minimum absolute atomic E-state index is 0.0880. The number of aromatic nitrogens is 3. The number of nitrogens with zero attached hydrogens (tertiary/aromatic N) is 3. The Morgan fingerprint density at radius 1 is 1.29 bits per heavy atom. The van der Waals surface area contributed by atoms with E-state index in [0.717, 1.165) is 49.0 Å². The third kappa shape index (κ3) is 3.04. The van der Waals surface area contributed by atoms with Gasteiger partial charge in [0.25, 0.3) is 0 Å². The van der Waals surface area contributed by atoms with Crippen LogP contribution in [0.3, 0.4) is 0 Å². The highest BCUT2D eigenvalue weighted by atomic mass is 79.9. The first-order valence-electron chi connectivity index (χ1n) is 9.55. The average molecular weight is 446 g/mol. The van der Waals surface area contributed by atoms with Gasteiger partial charge in [0, 0.05) is 35.2 Å². The number of nitrogens with one attached hydrogen (secondary N) is 1. The maximum Gasteiger partial charge on any atom is 0.154 e. The van der Waals surface area contributed by atoms with Crippen molar-refractivity contribution in [3.63, 3.8) is 0 Å². The zero-order valence-corrected chi connectivity index (χ0v) is 16.9. The van der Waals surface area contributed by atoms with E-state index in [4.69, 9.17) is 10.5 Å². The molecule has 28 heavy (non-hydrogen) atoms. The van der Waals surface area contributed by atoms with E-state index < -0.39 is 0 Å². The molecule has 0 amide bonds. The lowest BCUT2D eigenvalue weighted by Crippen LogP contribution is -2.25. The molecule has 3 N–H and O–H groups in total. The fourth-order valence-corrected chi connectivity index (χ4v) is 4.91. The first kappa shape index (κ1) is 17.9. The Labute approximate surface area is 170 Å². The standard InChI is InChI=1S/C20H21BrFN5O/c21-12-5-11-3-4-24-8-15(11)17(6-12)28-14-2-1-13(7-14)27-9-16(22)18-19(23)25-10-26-20(18)27/h5-6,9-10,13-14,24H,1-4,7-8H2,(H2,23,25,26)/t13?,14-/m1/s1. The highest BCUT2D eigenvalue weighted by molar-refractivity contribution is 9.10. The van der Waals surface area contributed by atoms with Crippen molar-refractivity contribution in [1.29, 1.82) is 0 Å². The molecule has 6 nitrogen and oxygen atoms in total. The van der Waals surface area contributed by atoms with Gasteiger partial charge in [0.1, 0.15) is 29.6 Å². The molecular formula is C20H21BrFN5O. The topological polar surface area (TPSA) is 78.0 Å². The van der Waals surface area contributed by atoms with Gasteiger partial charge in [-0.25, -0.2) is 14.4 Å². The predicted octanol–water partition coefficient (Wildman–Crippen LogP) is 3.73. The van der Waals surface area contributed by atoms with Gasteiger partial charge in [-0.3, -0.25) is 0 Å². The van der Waals surface area contributed by atoms with Crippen molar-refractivity contribution in [2.45, 2.75) is 44.4 Å². The third-order valence-corrected chi connectivity index (χ3v) is 6.23. The molecule has 2 aromatic heterocycles. The normalized spacial score (nSPS) is 21.8. The van der Waals surface area contributed by atoms with Crippen LogP contribution < -0.4 is 15.8 Å². The predicted molar refractivity (Wildman–Crippen MR) is 109 cm³/mol. The van der Waals surface area contributed by atoms with Gasteiger partial charge in [-0.1, -0.05) is 15.9 Å². The number of rotatable bonds is 3. The van der Waals surface area contributed by atoms with Crippen LogP contribution in [0.2, 0.25) is 0 Å². The van der Waals surface area contributed by atoms with Gasteiger partial charge >= 0.3 is 0 Å². The molecule has 2 atom stereocenters. The molecule has 146 valence electrons. The molecule has 8 heteroatoms. The molecule has 5 rings (SSSR count). The van der Waals surface area contributed by atoms with Crippen LogP contribution in [0, 0.1) is 5.82 Å². The number of nitrogen functional groups attached to an aromatic ring is 1. The van der Waals surface area contributed by atoms with E-state index in [2.05, 4.69) is 43.3 Å². The van der Waals surface area contributed by atoms with Gasteiger partial charge in [0.05, 0.1) is 5.39 Å². The quantitative estimate of drug-likeness (QED) is 0.641. The Morgan fingerprint density at radius 3 is 3.07 bits per heavy atom. The molecular weight excluding hydrogens is 425 g/mol. The van der Waals surface area contributed by atoms with Gasteiger partial charge in [0.15, 0.2) is 5.82 Å². The van der Waals surface area contributed by atoms with Gasteiger partial charge < -0.3 is 20.4 Å². The van der Waals surface area contributed by atoms with Gasteiger partial charge in [0.2, 0.25) is 0 Å². The smallest absolute Gasteiger partial charge is 0.154 e. The molecule has 0 bridgehead atoms. The van der Waals surface area contributed by atoms with Crippen LogP contribution in [-0.4, -0.2) is 27.2 Å². The van der Waals surface area contributed by atoms with E-state index in [-0.39, 0.29) is 23.8 Å². The first-order valence-corrected chi connectivity index (χ1v) is 10.3. The molecule has 1 saturated carbocycles. The third-order valence-electron chi connectivity index (χ3n) is 5.78. The summed E-state index contributed by atoms with van der Waals surface area (Å²) in [6.45, 7) is 1.82. The monoisotopic (exact) mass is 445 g/mol. The van der Waals surface area contributed by atoms with Crippen LogP contribution >= 0.6 is 15.9 Å². The number of hydrogen-bond donors (Lipinski definition) is 2. The number of ether oxygens (including phenoxy) is 1. The van der Waals surface area contributed by atoms with Crippen molar-refractivity contribution in [2.24, 2.45) is 0 Å². The lowest BCUT2D eigenvalue weighted by molar-refractivity contribution is 0.201. The number of benzene rings is 1. The molecule has 1 fully saturated rings. The Hall–Kier alpha value is -2.19. The Bertz CT molecular complexity index is 1050. The summed E-state index contributed by atoms with van der Waals surface area (Å²) in [5.41, 5.74) is 8.98. The molecule has 3 aromatic rings. The largest absolute Gasteiger partial charge is 0.490 e. The summed E-state index contributed by atoms with van der Waals surface area (Å²) in [6.07, 6.45) is 6.61. The summed E-state index contributed by atoms with van der Waals surface area (Å²) < 4.78 is 23.7. The highest BCUT2D eigenvalue weighted by Gasteiger charge is 2.30. The van der Waals surface area contributed by atoms with E-state index in [0.29, 0.717) is 11.0 Å². The molecule has 1 aliphatic heterocycles. The Morgan fingerprint density at radius 2 is 2.18 bits per heavy atom. The SMILES string of the molecule is Nc1ncnc2c1c(F)cn2C1CC[C@@H](Oc2cc(Br)cc3c2CNCC3)C1. The van der Waals surface area contributed by atoms with Crippen LogP contribution in [0.5, 0.6) is 5.75 Å². The van der Waals surface area contributed by atoms with Crippen molar-refractivity contribution in [3.8, 4) is 5.75 Å². The van der Waals surface area contributed by atoms with E-state index in [1.54, 1.807) is 0 Å². The summed E-state index contributed by atoms with van der Waals surface area (Å²) in [5, 5.41) is 3.73. The Kier molecular flexibility index (Phi) is 4.47. The molecule has 0 saturated heterocycles. The second-order valence-corrected chi connectivity index (χ2v) is 8.43. The van der Waals surface area contributed by atoms with Crippen molar-refractivity contribution >= 4 is 32.8 Å². The van der Waals surface area contributed by atoms with E-state index >= 15 is 0 Å². The van der Waals surface area contributed by atoms with Crippen molar-refractivity contribution in [2.75, 3.05) is 12.3 Å². The second-order valence-electron chi connectivity index (χ2n) is 7.52. The molecule has 1 aromatic carbocycles. The lowest BCUT2D eigenvalue weighted by atomic mass is 10.0. The number of hydrogen-bond acceptors (Lipinski definition) is 5. The van der Waals surface area contributed by atoms with Gasteiger partial charge in [-0.15, -0.1) is 0 Å². The van der Waals surface area contributed by atoms with E-state index in [1.807, 2.05) is 4.57 Å². The molecule has 1 unspecified atom stereocenters. The van der Waals surface area contributed by atoms with Crippen LogP contribution in [0.15, 0.2) is 29.1 Å². The number of nitrogens with two attached hydrogens (primary N) is 1. The molecule has 2 aliphatic rings. The summed E-state index contributed by atoms with van der Waals surface area (Å²) in [5.74, 6) is 0.752. The maximum absolute atomic E-state index is 14.4. The highest BCUT2D eigenvalue weighted by Crippen LogP contribution is 2.38. The lowest BCUT2D eigenvalue weighted by Gasteiger charge is -2.23. The fraction of sp³-hybridized carbons (Fsp3) is 0.400. The Balaban J connectivity index is 1.39. The minimum atomic E-state index is -0.371. The number of fused-ring (bicyclic) bond motifs is 2. The van der Waals surface area contributed by atoms with Crippen molar-refractivity contribution in [3.05, 3.63) is 46.1 Å².